The topological polar surface area (TPSA) is 15.6 Å². The number of amidine groups is 1. The third-order valence-electron chi connectivity index (χ3n) is 3.19. The molecule has 0 unspecified atom stereocenters. The Morgan fingerprint density at radius 2 is 1.62 bits per heavy atom. The van der Waals surface area contributed by atoms with Crippen LogP contribution in [0.2, 0.25) is 0 Å². The van der Waals surface area contributed by atoms with E-state index in [4.69, 9.17) is 0 Å². The number of aliphatic imine (C=N–C) groups is 1. The molecule has 0 saturated heterocycles. The lowest BCUT2D eigenvalue weighted by atomic mass is 10.1. The number of nitrogens with zero attached hydrogens (tertiary/aromatic N) is 2. The Kier molecular flexibility index (Phi) is 4.47. The van der Waals surface area contributed by atoms with Crippen LogP contribution in [0.3, 0.4) is 0 Å². The van der Waals surface area contributed by atoms with E-state index in [2.05, 4.69) is 57.7 Å². The van der Waals surface area contributed by atoms with E-state index >= 15 is 0 Å². The third kappa shape index (κ3) is 3.07. The van der Waals surface area contributed by atoms with Crippen molar-refractivity contribution in [2.75, 3.05) is 18.0 Å². The number of anilines is 1. The molecule has 6 heteroatoms. The molecule has 2 nitrogen and oxygen atoms in total. The van der Waals surface area contributed by atoms with E-state index in [0.29, 0.717) is 0 Å². The minimum Gasteiger partial charge on any atom is -0.322 e. The lowest BCUT2D eigenvalue weighted by Crippen LogP contribution is -2.28. The zero-order chi connectivity index (χ0) is 15.0. The van der Waals surface area contributed by atoms with Crippen LogP contribution in [0.5, 0.6) is 0 Å². The van der Waals surface area contributed by atoms with Crippen LogP contribution in [0, 0.1) is 5.82 Å². The number of halogens is 4. The fourth-order valence-corrected chi connectivity index (χ4v) is 4.99. The molecule has 0 saturated carbocycles. The average Bonchev–Trinajstić information content (AvgIpc) is 2.87. The number of benzene rings is 2. The highest BCUT2D eigenvalue weighted by Gasteiger charge is 2.24. The van der Waals surface area contributed by atoms with Gasteiger partial charge >= 0.3 is 0 Å². The van der Waals surface area contributed by atoms with Gasteiger partial charge in [0.2, 0.25) is 0 Å². The lowest BCUT2D eigenvalue weighted by Gasteiger charge is -2.23. The van der Waals surface area contributed by atoms with Gasteiger partial charge in [0.1, 0.15) is 11.7 Å². The van der Waals surface area contributed by atoms with Crippen molar-refractivity contribution in [1.82, 2.24) is 0 Å². The van der Waals surface area contributed by atoms with Gasteiger partial charge in [-0.3, -0.25) is 4.99 Å². The molecule has 2 aromatic rings. The Labute approximate surface area is 147 Å². The maximum absolute atomic E-state index is 13.1. The molecule has 0 fully saturated rings. The second kappa shape index (κ2) is 6.18. The van der Waals surface area contributed by atoms with Crippen LogP contribution in [-0.4, -0.2) is 18.9 Å². The van der Waals surface area contributed by atoms with Crippen LogP contribution in [0.1, 0.15) is 5.56 Å². The van der Waals surface area contributed by atoms with Crippen LogP contribution < -0.4 is 4.90 Å². The fourth-order valence-electron chi connectivity index (χ4n) is 2.30. The van der Waals surface area contributed by atoms with Crippen molar-refractivity contribution in [3.8, 4) is 0 Å². The Bertz CT molecular complexity index is 690. The van der Waals surface area contributed by atoms with Gasteiger partial charge in [-0.05, 0) is 68.3 Å². The number of rotatable bonds is 2. The highest BCUT2D eigenvalue weighted by molar-refractivity contribution is 9.11. The molecule has 1 heterocycles. The minimum atomic E-state index is -0.241. The molecular formula is C15H10Br3FN2. The predicted molar refractivity (Wildman–Crippen MR) is 94.7 cm³/mol. The Hall–Kier alpha value is -0.720. The van der Waals surface area contributed by atoms with E-state index in [-0.39, 0.29) is 5.82 Å². The van der Waals surface area contributed by atoms with Crippen molar-refractivity contribution < 1.29 is 4.39 Å². The van der Waals surface area contributed by atoms with Gasteiger partial charge in [-0.15, -0.1) is 0 Å². The monoisotopic (exact) mass is 474 g/mol. The zero-order valence-corrected chi connectivity index (χ0v) is 15.5. The molecule has 0 atom stereocenters. The SMILES string of the molecule is Fc1ccc(C2=NCCN2c2c(Br)cc(Br)cc2Br)cc1. The maximum atomic E-state index is 13.1. The van der Waals surface area contributed by atoms with Crippen molar-refractivity contribution in [1.29, 1.82) is 0 Å². The third-order valence-corrected chi connectivity index (χ3v) is 4.86. The molecule has 0 spiro atoms. The van der Waals surface area contributed by atoms with Crippen LogP contribution in [-0.2, 0) is 0 Å². The largest absolute Gasteiger partial charge is 0.322 e. The van der Waals surface area contributed by atoms with Crippen molar-refractivity contribution in [2.45, 2.75) is 0 Å². The molecule has 2 aromatic carbocycles. The molecule has 21 heavy (non-hydrogen) atoms. The molecule has 0 N–H and O–H groups in total. The summed E-state index contributed by atoms with van der Waals surface area (Å²) in [7, 11) is 0. The summed E-state index contributed by atoms with van der Waals surface area (Å²) < 4.78 is 16.0. The van der Waals surface area contributed by atoms with Crippen molar-refractivity contribution in [3.05, 3.63) is 61.2 Å². The van der Waals surface area contributed by atoms with Gasteiger partial charge in [-0.1, -0.05) is 15.9 Å². The molecule has 1 aliphatic heterocycles. The summed E-state index contributed by atoms with van der Waals surface area (Å²) in [5.74, 6) is 0.619. The summed E-state index contributed by atoms with van der Waals surface area (Å²) >= 11 is 10.7. The molecular weight excluding hydrogens is 467 g/mol. The van der Waals surface area contributed by atoms with Crippen LogP contribution in [0.15, 0.2) is 54.8 Å². The Morgan fingerprint density at radius 1 is 1.00 bits per heavy atom. The van der Waals surface area contributed by atoms with E-state index in [9.17, 15) is 4.39 Å². The molecule has 108 valence electrons. The highest BCUT2D eigenvalue weighted by atomic mass is 79.9. The first kappa shape index (κ1) is 15.2. The van der Waals surface area contributed by atoms with E-state index < -0.39 is 0 Å². The smallest absolute Gasteiger partial charge is 0.135 e. The van der Waals surface area contributed by atoms with E-state index in [1.165, 1.54) is 12.1 Å². The first-order valence-corrected chi connectivity index (χ1v) is 8.66. The summed E-state index contributed by atoms with van der Waals surface area (Å²) in [5.41, 5.74) is 1.94. The maximum Gasteiger partial charge on any atom is 0.135 e. The van der Waals surface area contributed by atoms with Gasteiger partial charge in [0.05, 0.1) is 12.2 Å². The predicted octanol–water partition coefficient (Wildman–Crippen LogP) is 5.38. The van der Waals surface area contributed by atoms with Gasteiger partial charge < -0.3 is 4.90 Å². The molecule has 0 radical (unpaired) electrons. The molecule has 1 aliphatic rings. The summed E-state index contributed by atoms with van der Waals surface area (Å²) in [6.07, 6.45) is 0. The number of hydrogen-bond acceptors (Lipinski definition) is 2. The van der Waals surface area contributed by atoms with Gasteiger partial charge in [-0.2, -0.15) is 0 Å². The minimum absolute atomic E-state index is 0.241. The van der Waals surface area contributed by atoms with E-state index in [1.54, 1.807) is 12.1 Å². The first-order chi connectivity index (χ1) is 10.1. The second-order valence-electron chi connectivity index (χ2n) is 4.58. The van der Waals surface area contributed by atoms with Crippen molar-refractivity contribution >= 4 is 59.3 Å². The lowest BCUT2D eigenvalue weighted by molar-refractivity contribution is 0.628. The second-order valence-corrected chi connectivity index (χ2v) is 7.21. The van der Waals surface area contributed by atoms with Crippen LogP contribution in [0.25, 0.3) is 0 Å². The van der Waals surface area contributed by atoms with Crippen LogP contribution >= 0.6 is 47.8 Å². The van der Waals surface area contributed by atoms with E-state index in [1.807, 2.05) is 12.1 Å². The van der Waals surface area contributed by atoms with Gasteiger partial charge in [0.15, 0.2) is 0 Å². The zero-order valence-electron chi connectivity index (χ0n) is 10.8. The van der Waals surface area contributed by atoms with Gasteiger partial charge in [-0.25, -0.2) is 4.39 Å². The average molecular weight is 477 g/mol. The van der Waals surface area contributed by atoms with Crippen molar-refractivity contribution in [3.63, 3.8) is 0 Å². The summed E-state index contributed by atoms with van der Waals surface area (Å²) in [5, 5.41) is 0. The van der Waals surface area contributed by atoms with Crippen molar-refractivity contribution in [2.24, 2.45) is 4.99 Å². The Balaban J connectivity index is 2.03. The molecule has 0 bridgehead atoms. The van der Waals surface area contributed by atoms with Gasteiger partial charge in [0, 0.05) is 25.5 Å². The first-order valence-electron chi connectivity index (χ1n) is 6.29. The summed E-state index contributed by atoms with van der Waals surface area (Å²) in [6, 6.07) is 10.4. The molecule has 3 rings (SSSR count). The number of hydrogen-bond donors (Lipinski definition) is 0. The molecule has 0 aliphatic carbocycles. The van der Waals surface area contributed by atoms with Crippen LogP contribution in [0.4, 0.5) is 10.1 Å². The summed E-state index contributed by atoms with van der Waals surface area (Å²) in [6.45, 7) is 1.52. The normalized spacial score (nSPS) is 14.5. The summed E-state index contributed by atoms with van der Waals surface area (Å²) in [4.78, 5) is 6.70. The molecule has 0 aromatic heterocycles. The standard InChI is InChI=1S/C15H10Br3FN2/c16-10-7-12(17)14(13(18)8-10)21-6-5-20-15(21)9-1-3-11(19)4-2-9/h1-4,7-8H,5-6H2. The quantitative estimate of drug-likeness (QED) is 0.568. The fraction of sp³-hybridized carbons (Fsp3) is 0.133. The molecule has 0 amide bonds. The van der Waals surface area contributed by atoms with E-state index in [0.717, 1.165) is 43.6 Å². The van der Waals surface area contributed by atoms with Gasteiger partial charge in [0.25, 0.3) is 0 Å². The Morgan fingerprint density at radius 3 is 2.24 bits per heavy atom. The highest BCUT2D eigenvalue weighted by Crippen LogP contribution is 2.38.